The fourth-order valence-electron chi connectivity index (χ4n) is 2.47. The molecule has 3 aromatic rings. The first-order valence-corrected chi connectivity index (χ1v) is 7.58. The molecule has 126 valence electrons. The van der Waals surface area contributed by atoms with Crippen molar-refractivity contribution in [2.75, 3.05) is 11.9 Å². The minimum atomic E-state index is -0.361. The Kier molecular flexibility index (Phi) is 3.81. The Morgan fingerprint density at radius 3 is 3.00 bits per heavy atom. The third kappa shape index (κ3) is 3.16. The van der Waals surface area contributed by atoms with Crippen LogP contribution >= 0.6 is 0 Å². The number of ether oxygens (including phenoxy) is 2. The Morgan fingerprint density at radius 1 is 1.24 bits per heavy atom. The number of para-hydroxylation sites is 1. The number of hydrogen-bond donors (Lipinski definition) is 1. The van der Waals surface area contributed by atoms with Crippen LogP contribution in [0.15, 0.2) is 53.1 Å². The lowest BCUT2D eigenvalue weighted by molar-refractivity contribution is -0.118. The van der Waals surface area contributed by atoms with Crippen molar-refractivity contribution in [2.45, 2.75) is 6.61 Å². The second-order valence-corrected chi connectivity index (χ2v) is 5.41. The molecule has 0 fully saturated rings. The van der Waals surface area contributed by atoms with Crippen LogP contribution in [-0.2, 0) is 11.4 Å². The Labute approximate surface area is 142 Å². The largest absolute Gasteiger partial charge is 0.485 e. The summed E-state index contributed by atoms with van der Waals surface area (Å²) in [7, 11) is 0. The van der Waals surface area contributed by atoms with Crippen molar-refractivity contribution >= 4 is 11.6 Å². The van der Waals surface area contributed by atoms with Crippen LogP contribution in [0.5, 0.6) is 11.5 Å². The van der Waals surface area contributed by atoms with E-state index < -0.39 is 0 Å². The number of oxazole rings is 1. The molecular formula is C18H13FN2O4. The predicted octanol–water partition coefficient (Wildman–Crippen LogP) is 3.39. The van der Waals surface area contributed by atoms with Gasteiger partial charge in [0.15, 0.2) is 6.61 Å². The van der Waals surface area contributed by atoms with Gasteiger partial charge in [0.1, 0.15) is 41.6 Å². The zero-order valence-corrected chi connectivity index (χ0v) is 13.0. The van der Waals surface area contributed by atoms with Crippen molar-refractivity contribution < 1.29 is 23.1 Å². The molecule has 0 saturated heterocycles. The van der Waals surface area contributed by atoms with E-state index in [2.05, 4.69) is 10.3 Å². The molecule has 1 aliphatic rings. The average Bonchev–Trinajstić information content (AvgIpc) is 3.09. The van der Waals surface area contributed by atoms with Crippen molar-refractivity contribution in [3.63, 3.8) is 0 Å². The van der Waals surface area contributed by atoms with Gasteiger partial charge in [0.2, 0.25) is 5.89 Å². The second kappa shape index (κ2) is 6.27. The molecule has 2 aromatic carbocycles. The summed E-state index contributed by atoms with van der Waals surface area (Å²) < 4.78 is 29.7. The maximum absolute atomic E-state index is 13.3. The number of fused-ring (bicyclic) bond motifs is 1. The predicted molar refractivity (Wildman–Crippen MR) is 86.8 cm³/mol. The van der Waals surface area contributed by atoms with E-state index in [-0.39, 0.29) is 24.9 Å². The van der Waals surface area contributed by atoms with Crippen LogP contribution in [0.3, 0.4) is 0 Å². The van der Waals surface area contributed by atoms with Crippen LogP contribution in [-0.4, -0.2) is 17.5 Å². The molecule has 7 heteroatoms. The van der Waals surface area contributed by atoms with Crippen LogP contribution in [0.4, 0.5) is 10.1 Å². The number of benzene rings is 2. The number of amides is 1. The summed E-state index contributed by atoms with van der Waals surface area (Å²) in [4.78, 5) is 15.8. The topological polar surface area (TPSA) is 73.6 Å². The van der Waals surface area contributed by atoms with E-state index in [0.29, 0.717) is 34.3 Å². The number of aromatic nitrogens is 1. The number of halogens is 1. The molecular weight excluding hydrogens is 327 g/mol. The third-order valence-corrected chi connectivity index (χ3v) is 3.61. The molecule has 0 atom stereocenters. The van der Waals surface area contributed by atoms with Gasteiger partial charge in [-0.25, -0.2) is 9.37 Å². The lowest BCUT2D eigenvalue weighted by atomic mass is 10.2. The van der Waals surface area contributed by atoms with E-state index in [9.17, 15) is 9.18 Å². The Morgan fingerprint density at radius 2 is 2.12 bits per heavy atom. The molecule has 0 radical (unpaired) electrons. The summed E-state index contributed by atoms with van der Waals surface area (Å²) in [5, 5.41) is 2.73. The minimum absolute atomic E-state index is 0.0171. The molecule has 0 bridgehead atoms. The highest BCUT2D eigenvalue weighted by Gasteiger charge is 2.20. The summed E-state index contributed by atoms with van der Waals surface area (Å²) in [5.74, 6) is 0.738. The van der Waals surface area contributed by atoms with E-state index in [1.165, 1.54) is 18.4 Å². The lowest BCUT2D eigenvalue weighted by Gasteiger charge is -2.20. The first-order valence-electron chi connectivity index (χ1n) is 7.58. The van der Waals surface area contributed by atoms with E-state index in [1.807, 2.05) is 0 Å². The van der Waals surface area contributed by atoms with Crippen LogP contribution in [0.25, 0.3) is 11.5 Å². The Balaban J connectivity index is 1.51. The molecule has 2 heterocycles. The van der Waals surface area contributed by atoms with Gasteiger partial charge in [0, 0.05) is 5.56 Å². The smallest absolute Gasteiger partial charge is 0.262 e. The zero-order chi connectivity index (χ0) is 17.2. The van der Waals surface area contributed by atoms with Gasteiger partial charge in [-0.15, -0.1) is 0 Å². The molecule has 1 aromatic heterocycles. The molecule has 0 saturated carbocycles. The number of nitrogens with one attached hydrogen (secondary N) is 1. The molecule has 0 spiro atoms. The third-order valence-electron chi connectivity index (χ3n) is 3.61. The molecule has 1 N–H and O–H groups in total. The highest BCUT2D eigenvalue weighted by molar-refractivity contribution is 5.97. The van der Waals surface area contributed by atoms with Gasteiger partial charge in [0.05, 0.1) is 0 Å². The number of hydrogen-bond acceptors (Lipinski definition) is 5. The Bertz CT molecular complexity index is 938. The van der Waals surface area contributed by atoms with Gasteiger partial charge < -0.3 is 19.2 Å². The molecule has 0 unspecified atom stereocenters. The SMILES string of the molecule is O=C1COc2cccc(OCc3coc(-c4cccc(F)c4)n3)c2N1. The maximum atomic E-state index is 13.3. The normalized spacial score (nSPS) is 12.9. The van der Waals surface area contributed by atoms with Crippen LogP contribution in [0.1, 0.15) is 5.69 Å². The second-order valence-electron chi connectivity index (χ2n) is 5.41. The Hall–Kier alpha value is -3.35. The summed E-state index contributed by atoms with van der Waals surface area (Å²) in [6.45, 7) is 0.113. The summed E-state index contributed by atoms with van der Waals surface area (Å²) in [6, 6.07) is 11.2. The van der Waals surface area contributed by atoms with Crippen molar-refractivity contribution in [3.8, 4) is 23.0 Å². The van der Waals surface area contributed by atoms with Crippen LogP contribution < -0.4 is 14.8 Å². The summed E-state index contributed by atoms with van der Waals surface area (Å²) in [5.41, 5.74) is 1.58. The molecule has 1 amide bonds. The quantitative estimate of drug-likeness (QED) is 0.788. The molecule has 0 aliphatic carbocycles. The minimum Gasteiger partial charge on any atom is -0.485 e. The van der Waals surface area contributed by atoms with E-state index >= 15 is 0 Å². The van der Waals surface area contributed by atoms with Crippen LogP contribution in [0, 0.1) is 5.82 Å². The standard InChI is InChI=1S/C18H13FN2O4/c19-12-4-1-3-11(7-12)18-20-13(9-25-18)8-23-14-5-2-6-15-17(14)21-16(22)10-24-15/h1-7,9H,8,10H2,(H,21,22). The first-order chi connectivity index (χ1) is 12.2. The van der Waals surface area contributed by atoms with Gasteiger partial charge in [-0.2, -0.15) is 0 Å². The number of rotatable bonds is 4. The van der Waals surface area contributed by atoms with Gasteiger partial charge >= 0.3 is 0 Å². The van der Waals surface area contributed by atoms with Gasteiger partial charge in [-0.05, 0) is 30.3 Å². The first kappa shape index (κ1) is 15.2. The van der Waals surface area contributed by atoms with Crippen molar-refractivity contribution in [1.82, 2.24) is 4.98 Å². The highest BCUT2D eigenvalue weighted by atomic mass is 19.1. The molecule has 6 nitrogen and oxygen atoms in total. The fourth-order valence-corrected chi connectivity index (χ4v) is 2.47. The van der Waals surface area contributed by atoms with Crippen LogP contribution in [0.2, 0.25) is 0 Å². The highest BCUT2D eigenvalue weighted by Crippen LogP contribution is 2.36. The summed E-state index contributed by atoms with van der Waals surface area (Å²) >= 11 is 0. The lowest BCUT2D eigenvalue weighted by Crippen LogP contribution is -2.25. The number of nitrogens with zero attached hydrogens (tertiary/aromatic N) is 1. The number of carbonyl (C=O) groups excluding carboxylic acids is 1. The molecule has 4 rings (SSSR count). The number of carbonyl (C=O) groups is 1. The monoisotopic (exact) mass is 340 g/mol. The van der Waals surface area contributed by atoms with Crippen molar-refractivity contribution in [1.29, 1.82) is 0 Å². The zero-order valence-electron chi connectivity index (χ0n) is 13.0. The fraction of sp³-hybridized carbons (Fsp3) is 0.111. The molecule has 1 aliphatic heterocycles. The van der Waals surface area contributed by atoms with Gasteiger partial charge in [0.25, 0.3) is 5.91 Å². The van der Waals surface area contributed by atoms with E-state index in [0.717, 1.165) is 0 Å². The van der Waals surface area contributed by atoms with Crippen molar-refractivity contribution in [2.24, 2.45) is 0 Å². The van der Waals surface area contributed by atoms with E-state index in [4.69, 9.17) is 13.9 Å². The number of anilines is 1. The van der Waals surface area contributed by atoms with Gasteiger partial charge in [-0.3, -0.25) is 4.79 Å². The molecule has 25 heavy (non-hydrogen) atoms. The maximum Gasteiger partial charge on any atom is 0.262 e. The van der Waals surface area contributed by atoms with Gasteiger partial charge in [-0.1, -0.05) is 12.1 Å². The van der Waals surface area contributed by atoms with Crippen molar-refractivity contribution in [3.05, 3.63) is 60.2 Å². The van der Waals surface area contributed by atoms with E-state index in [1.54, 1.807) is 30.3 Å². The summed E-state index contributed by atoms with van der Waals surface area (Å²) in [6.07, 6.45) is 1.45. The average molecular weight is 340 g/mol.